The molecule has 4 rings (SSSR count). The van der Waals surface area contributed by atoms with Crippen LogP contribution in [0.25, 0.3) is 0 Å². The van der Waals surface area contributed by atoms with E-state index < -0.39 is 0 Å². The SMILES string of the molecule is CCC12CCC(O)CC1CCCc1cc(C(=O)Nc3ccccc3Cl)ccc12. The largest absolute Gasteiger partial charge is 0.393 e. The van der Waals surface area contributed by atoms with Crippen LogP contribution in [0.15, 0.2) is 42.5 Å². The fraction of sp³-hybridized carbons (Fsp3) is 0.458. The molecule has 0 radical (unpaired) electrons. The number of hydrogen-bond acceptors (Lipinski definition) is 2. The summed E-state index contributed by atoms with van der Waals surface area (Å²) in [4.78, 5) is 12.8. The summed E-state index contributed by atoms with van der Waals surface area (Å²) in [6, 6.07) is 13.5. The summed E-state index contributed by atoms with van der Waals surface area (Å²) >= 11 is 6.18. The minimum absolute atomic E-state index is 0.124. The topological polar surface area (TPSA) is 49.3 Å². The smallest absolute Gasteiger partial charge is 0.255 e. The maximum Gasteiger partial charge on any atom is 0.255 e. The van der Waals surface area contributed by atoms with Gasteiger partial charge in [0, 0.05) is 5.56 Å². The van der Waals surface area contributed by atoms with Crippen LogP contribution in [-0.2, 0) is 11.8 Å². The van der Waals surface area contributed by atoms with E-state index in [1.807, 2.05) is 24.3 Å². The van der Waals surface area contributed by atoms with Crippen LogP contribution >= 0.6 is 11.6 Å². The number of nitrogens with one attached hydrogen (secondary N) is 1. The lowest BCUT2D eigenvalue weighted by Crippen LogP contribution is -2.41. The molecule has 2 aliphatic rings. The predicted octanol–water partition coefficient (Wildman–Crippen LogP) is 5.74. The van der Waals surface area contributed by atoms with Crippen LogP contribution in [0.1, 0.15) is 66.9 Å². The van der Waals surface area contributed by atoms with Crippen LogP contribution in [0.3, 0.4) is 0 Å². The second kappa shape index (κ2) is 7.88. The molecule has 0 heterocycles. The van der Waals surface area contributed by atoms with Gasteiger partial charge in [-0.1, -0.05) is 36.7 Å². The molecule has 0 spiro atoms. The predicted molar refractivity (Wildman–Crippen MR) is 114 cm³/mol. The highest BCUT2D eigenvalue weighted by Crippen LogP contribution is 2.51. The first-order valence-corrected chi connectivity index (χ1v) is 10.8. The van der Waals surface area contributed by atoms with Gasteiger partial charge >= 0.3 is 0 Å². The Morgan fingerprint density at radius 3 is 2.86 bits per heavy atom. The molecule has 28 heavy (non-hydrogen) atoms. The number of benzene rings is 2. The van der Waals surface area contributed by atoms with Gasteiger partial charge in [-0.05, 0) is 91.7 Å². The number of para-hydroxylation sites is 1. The molecule has 2 aromatic rings. The quantitative estimate of drug-likeness (QED) is 0.694. The first-order valence-electron chi connectivity index (χ1n) is 10.4. The minimum atomic E-state index is -0.160. The lowest BCUT2D eigenvalue weighted by Gasteiger charge is -2.46. The lowest BCUT2D eigenvalue weighted by molar-refractivity contribution is 0.0451. The highest BCUT2D eigenvalue weighted by molar-refractivity contribution is 6.33. The van der Waals surface area contributed by atoms with Gasteiger partial charge in [0.2, 0.25) is 0 Å². The molecule has 0 bridgehead atoms. The van der Waals surface area contributed by atoms with Crippen LogP contribution in [0, 0.1) is 5.92 Å². The van der Waals surface area contributed by atoms with E-state index in [9.17, 15) is 9.90 Å². The lowest BCUT2D eigenvalue weighted by atomic mass is 9.59. The number of fused-ring (bicyclic) bond motifs is 3. The van der Waals surface area contributed by atoms with Crippen molar-refractivity contribution in [3.05, 3.63) is 64.2 Å². The van der Waals surface area contributed by atoms with Crippen molar-refractivity contribution >= 4 is 23.2 Å². The van der Waals surface area contributed by atoms with E-state index in [-0.39, 0.29) is 17.4 Å². The van der Waals surface area contributed by atoms with E-state index in [1.165, 1.54) is 11.1 Å². The van der Waals surface area contributed by atoms with Crippen LogP contribution in [0.4, 0.5) is 5.69 Å². The number of aliphatic hydroxyl groups excluding tert-OH is 1. The molecule has 0 aromatic heterocycles. The summed E-state index contributed by atoms with van der Waals surface area (Å²) in [6.07, 6.45) is 7.00. The summed E-state index contributed by atoms with van der Waals surface area (Å²) in [5, 5.41) is 13.7. The van der Waals surface area contributed by atoms with E-state index in [1.54, 1.807) is 6.07 Å². The summed E-state index contributed by atoms with van der Waals surface area (Å²) < 4.78 is 0. The van der Waals surface area contributed by atoms with Crippen molar-refractivity contribution in [2.45, 2.75) is 63.4 Å². The molecular weight excluding hydrogens is 370 g/mol. The third-order valence-electron chi connectivity index (χ3n) is 6.92. The van der Waals surface area contributed by atoms with E-state index >= 15 is 0 Å². The van der Waals surface area contributed by atoms with Gasteiger partial charge in [0.1, 0.15) is 0 Å². The average molecular weight is 398 g/mol. The number of anilines is 1. The number of carbonyl (C=O) groups is 1. The Labute approximate surface area is 172 Å². The van der Waals surface area contributed by atoms with Crippen LogP contribution in [0.2, 0.25) is 5.02 Å². The highest BCUT2D eigenvalue weighted by Gasteiger charge is 2.45. The molecule has 0 saturated heterocycles. The van der Waals surface area contributed by atoms with Crippen molar-refractivity contribution in [1.82, 2.24) is 0 Å². The molecule has 148 valence electrons. The Bertz CT molecular complexity index is 881. The molecule has 1 fully saturated rings. The molecule has 2 aliphatic carbocycles. The first-order chi connectivity index (χ1) is 13.5. The summed E-state index contributed by atoms with van der Waals surface area (Å²) in [6.45, 7) is 2.28. The zero-order valence-corrected chi connectivity index (χ0v) is 17.1. The third kappa shape index (κ3) is 3.46. The maximum absolute atomic E-state index is 12.8. The standard InChI is InChI=1S/C24H28ClNO2/c1-2-24-13-12-19(27)15-18(24)7-5-6-16-14-17(10-11-20(16)24)23(28)26-22-9-4-3-8-21(22)25/h3-4,8-11,14,18-19,27H,2,5-7,12-13,15H2,1H3,(H,26,28). The summed E-state index contributed by atoms with van der Waals surface area (Å²) in [5.74, 6) is 0.409. The molecule has 0 aliphatic heterocycles. The number of aryl methyl sites for hydroxylation is 1. The summed E-state index contributed by atoms with van der Waals surface area (Å²) in [7, 11) is 0. The van der Waals surface area contributed by atoms with Gasteiger partial charge in [0.15, 0.2) is 0 Å². The zero-order valence-electron chi connectivity index (χ0n) is 16.4. The second-order valence-electron chi connectivity index (χ2n) is 8.33. The normalized spacial score (nSPS) is 26.7. The Hall–Kier alpha value is -1.84. The highest BCUT2D eigenvalue weighted by atomic mass is 35.5. The van der Waals surface area contributed by atoms with Crippen molar-refractivity contribution in [3.8, 4) is 0 Å². The average Bonchev–Trinajstić information content (AvgIpc) is 2.86. The Morgan fingerprint density at radius 1 is 1.25 bits per heavy atom. The maximum atomic E-state index is 12.8. The first kappa shape index (κ1) is 19.5. The van der Waals surface area contributed by atoms with E-state index in [0.717, 1.165) is 44.9 Å². The van der Waals surface area contributed by atoms with Gasteiger partial charge in [-0.3, -0.25) is 4.79 Å². The van der Waals surface area contributed by atoms with Gasteiger partial charge in [-0.15, -0.1) is 0 Å². The molecule has 3 atom stereocenters. The second-order valence-corrected chi connectivity index (χ2v) is 8.74. The summed E-state index contributed by atoms with van der Waals surface area (Å²) in [5.41, 5.74) is 4.16. The number of carbonyl (C=O) groups excluding carboxylic acids is 1. The molecule has 4 heteroatoms. The number of halogens is 1. The van der Waals surface area contributed by atoms with Crippen molar-refractivity contribution in [2.75, 3.05) is 5.32 Å². The molecule has 3 nitrogen and oxygen atoms in total. The van der Waals surface area contributed by atoms with Gasteiger partial charge in [-0.25, -0.2) is 0 Å². The van der Waals surface area contributed by atoms with Crippen molar-refractivity contribution < 1.29 is 9.90 Å². The fourth-order valence-corrected chi connectivity index (χ4v) is 5.61. The van der Waals surface area contributed by atoms with Gasteiger partial charge < -0.3 is 10.4 Å². The Balaban J connectivity index is 1.66. The zero-order chi connectivity index (χ0) is 19.7. The Morgan fingerprint density at radius 2 is 2.07 bits per heavy atom. The molecular formula is C24H28ClNO2. The van der Waals surface area contributed by atoms with Crippen LogP contribution in [-0.4, -0.2) is 17.1 Å². The monoisotopic (exact) mass is 397 g/mol. The number of rotatable bonds is 3. The molecule has 2 N–H and O–H groups in total. The van der Waals surface area contributed by atoms with E-state index in [4.69, 9.17) is 11.6 Å². The van der Waals surface area contributed by atoms with Crippen molar-refractivity contribution in [1.29, 1.82) is 0 Å². The fourth-order valence-electron chi connectivity index (χ4n) is 5.43. The Kier molecular flexibility index (Phi) is 5.48. The van der Waals surface area contributed by atoms with E-state index in [2.05, 4.69) is 24.4 Å². The van der Waals surface area contributed by atoms with Gasteiger partial charge in [0.05, 0.1) is 16.8 Å². The van der Waals surface area contributed by atoms with Gasteiger partial charge in [-0.2, -0.15) is 0 Å². The number of aliphatic hydroxyl groups is 1. The van der Waals surface area contributed by atoms with Crippen molar-refractivity contribution in [2.24, 2.45) is 5.92 Å². The molecule has 3 unspecified atom stereocenters. The molecule has 2 aromatic carbocycles. The minimum Gasteiger partial charge on any atom is -0.393 e. The van der Waals surface area contributed by atoms with Gasteiger partial charge in [0.25, 0.3) is 5.91 Å². The van der Waals surface area contributed by atoms with Crippen LogP contribution < -0.4 is 5.32 Å². The molecule has 1 saturated carbocycles. The van der Waals surface area contributed by atoms with Crippen LogP contribution in [0.5, 0.6) is 0 Å². The van der Waals surface area contributed by atoms with E-state index in [0.29, 0.717) is 22.2 Å². The molecule has 1 amide bonds. The number of amides is 1. The third-order valence-corrected chi connectivity index (χ3v) is 7.25. The number of hydrogen-bond donors (Lipinski definition) is 2. The van der Waals surface area contributed by atoms with Crippen molar-refractivity contribution in [3.63, 3.8) is 0 Å².